The smallest absolute Gasteiger partial charge is 0.315 e. The van der Waals surface area contributed by atoms with Gasteiger partial charge in [0.05, 0.1) is 23.2 Å². The number of thiazole rings is 1. The van der Waals surface area contributed by atoms with Crippen LogP contribution in [0.25, 0.3) is 0 Å². The first kappa shape index (κ1) is 15.8. The number of carboxylic acid groups (broad SMARTS) is 1. The van der Waals surface area contributed by atoms with Gasteiger partial charge in [-0.05, 0) is 12.8 Å². The van der Waals surface area contributed by atoms with E-state index in [4.69, 9.17) is 5.11 Å². The molecule has 0 atom stereocenters. The number of amides is 2. The van der Waals surface area contributed by atoms with Crippen LogP contribution < -0.4 is 10.6 Å². The van der Waals surface area contributed by atoms with E-state index in [1.54, 1.807) is 5.51 Å². The standard InChI is InChI=1S/C14H21N3O3S/c18-12(19)8-14(5-2-1-3-6-14)17-13(20)15-7-4-11-9-21-10-16-11/h9-10H,1-8H2,(H,18,19)(H2,15,17,20). The molecule has 2 amide bonds. The molecule has 0 bridgehead atoms. The topological polar surface area (TPSA) is 91.3 Å². The zero-order valence-corrected chi connectivity index (χ0v) is 12.7. The molecular formula is C14H21N3O3S. The number of carbonyl (C=O) groups excluding carboxylic acids is 1. The Morgan fingerprint density at radius 1 is 1.33 bits per heavy atom. The zero-order chi connectivity index (χ0) is 15.1. The Labute approximate surface area is 128 Å². The average Bonchev–Trinajstić information content (AvgIpc) is 2.91. The average molecular weight is 311 g/mol. The molecule has 1 aromatic heterocycles. The summed E-state index contributed by atoms with van der Waals surface area (Å²) < 4.78 is 0. The number of carbonyl (C=O) groups is 2. The largest absolute Gasteiger partial charge is 0.481 e. The molecule has 0 radical (unpaired) electrons. The first-order chi connectivity index (χ1) is 10.1. The van der Waals surface area contributed by atoms with Gasteiger partial charge in [-0.25, -0.2) is 9.78 Å². The molecule has 7 heteroatoms. The van der Waals surface area contributed by atoms with E-state index < -0.39 is 11.5 Å². The lowest BCUT2D eigenvalue weighted by atomic mass is 9.79. The summed E-state index contributed by atoms with van der Waals surface area (Å²) in [7, 11) is 0. The van der Waals surface area contributed by atoms with Crippen molar-refractivity contribution < 1.29 is 14.7 Å². The van der Waals surface area contributed by atoms with Crippen LogP contribution in [-0.2, 0) is 11.2 Å². The summed E-state index contributed by atoms with van der Waals surface area (Å²) >= 11 is 1.53. The maximum Gasteiger partial charge on any atom is 0.315 e. The molecule has 3 N–H and O–H groups in total. The fraction of sp³-hybridized carbons (Fsp3) is 0.643. The minimum Gasteiger partial charge on any atom is -0.481 e. The fourth-order valence-corrected chi connectivity index (χ4v) is 3.41. The van der Waals surface area contributed by atoms with Crippen LogP contribution >= 0.6 is 11.3 Å². The second kappa shape index (κ2) is 7.40. The third-order valence-corrected chi connectivity index (χ3v) is 4.46. The van der Waals surface area contributed by atoms with Crippen LogP contribution in [0.5, 0.6) is 0 Å². The van der Waals surface area contributed by atoms with E-state index in [0.29, 0.717) is 13.0 Å². The number of aliphatic carboxylic acids is 1. The van der Waals surface area contributed by atoms with Crippen molar-refractivity contribution in [2.75, 3.05) is 6.54 Å². The molecule has 21 heavy (non-hydrogen) atoms. The number of hydrogen-bond donors (Lipinski definition) is 3. The second-order valence-electron chi connectivity index (χ2n) is 5.52. The van der Waals surface area contributed by atoms with Crippen molar-refractivity contribution in [3.8, 4) is 0 Å². The van der Waals surface area contributed by atoms with E-state index in [2.05, 4.69) is 15.6 Å². The van der Waals surface area contributed by atoms with Gasteiger partial charge in [0.25, 0.3) is 0 Å². The van der Waals surface area contributed by atoms with Crippen molar-refractivity contribution in [2.24, 2.45) is 0 Å². The van der Waals surface area contributed by atoms with Gasteiger partial charge in [0, 0.05) is 18.3 Å². The minimum atomic E-state index is -0.861. The molecule has 0 aliphatic heterocycles. The third kappa shape index (κ3) is 5.00. The molecule has 6 nitrogen and oxygen atoms in total. The summed E-state index contributed by atoms with van der Waals surface area (Å²) in [5.74, 6) is -0.861. The van der Waals surface area contributed by atoms with E-state index >= 15 is 0 Å². The van der Waals surface area contributed by atoms with Gasteiger partial charge in [0.15, 0.2) is 0 Å². The lowest BCUT2D eigenvalue weighted by molar-refractivity contribution is -0.139. The van der Waals surface area contributed by atoms with Crippen molar-refractivity contribution >= 4 is 23.3 Å². The van der Waals surface area contributed by atoms with Crippen LogP contribution in [0.1, 0.15) is 44.2 Å². The summed E-state index contributed by atoms with van der Waals surface area (Å²) in [4.78, 5) is 27.2. The van der Waals surface area contributed by atoms with Gasteiger partial charge in [-0.3, -0.25) is 4.79 Å². The molecule has 2 rings (SSSR count). The second-order valence-corrected chi connectivity index (χ2v) is 6.24. The van der Waals surface area contributed by atoms with Crippen LogP contribution in [0.3, 0.4) is 0 Å². The number of carboxylic acids is 1. The summed E-state index contributed by atoms with van der Waals surface area (Å²) in [5.41, 5.74) is 2.13. The first-order valence-electron chi connectivity index (χ1n) is 7.25. The maximum atomic E-state index is 12.0. The third-order valence-electron chi connectivity index (χ3n) is 3.83. The Kier molecular flexibility index (Phi) is 5.55. The minimum absolute atomic E-state index is 0.00743. The van der Waals surface area contributed by atoms with Crippen molar-refractivity contribution in [1.82, 2.24) is 15.6 Å². The molecule has 1 aromatic rings. The van der Waals surface area contributed by atoms with Crippen LogP contribution in [-0.4, -0.2) is 34.2 Å². The fourth-order valence-electron chi connectivity index (χ4n) is 2.81. The molecule has 0 saturated heterocycles. The summed E-state index contributed by atoms with van der Waals surface area (Å²) in [6.45, 7) is 0.499. The predicted octanol–water partition coefficient (Wildman–Crippen LogP) is 2.16. The predicted molar refractivity (Wildman–Crippen MR) is 80.4 cm³/mol. The van der Waals surface area contributed by atoms with Crippen LogP contribution in [0, 0.1) is 0 Å². The van der Waals surface area contributed by atoms with Gasteiger partial charge >= 0.3 is 12.0 Å². The first-order valence-corrected chi connectivity index (χ1v) is 8.19. The van der Waals surface area contributed by atoms with Crippen LogP contribution in [0.15, 0.2) is 10.9 Å². The van der Waals surface area contributed by atoms with Gasteiger partial charge in [-0.2, -0.15) is 0 Å². The molecule has 0 aromatic carbocycles. The normalized spacial score (nSPS) is 17.1. The Hall–Kier alpha value is -1.63. The van der Waals surface area contributed by atoms with E-state index in [0.717, 1.165) is 37.8 Å². The number of rotatable bonds is 6. The number of urea groups is 1. The van der Waals surface area contributed by atoms with Crippen molar-refractivity contribution in [1.29, 1.82) is 0 Å². The zero-order valence-electron chi connectivity index (χ0n) is 11.9. The van der Waals surface area contributed by atoms with Gasteiger partial charge < -0.3 is 15.7 Å². The van der Waals surface area contributed by atoms with Gasteiger partial charge in [-0.15, -0.1) is 11.3 Å². The Morgan fingerprint density at radius 2 is 2.10 bits per heavy atom. The monoisotopic (exact) mass is 311 g/mol. The number of nitrogens with one attached hydrogen (secondary N) is 2. The number of hydrogen-bond acceptors (Lipinski definition) is 4. The van der Waals surface area contributed by atoms with E-state index in [1.165, 1.54) is 11.3 Å². The Bertz CT molecular complexity index is 470. The Morgan fingerprint density at radius 3 is 2.71 bits per heavy atom. The molecule has 116 valence electrons. The van der Waals surface area contributed by atoms with E-state index in [1.807, 2.05) is 5.38 Å². The molecule has 0 unspecified atom stereocenters. The molecule has 0 spiro atoms. The molecule has 1 aliphatic rings. The maximum absolute atomic E-state index is 12.0. The van der Waals surface area contributed by atoms with Crippen molar-refractivity contribution in [3.63, 3.8) is 0 Å². The van der Waals surface area contributed by atoms with Gasteiger partial charge in [0.2, 0.25) is 0 Å². The molecule has 1 heterocycles. The lowest BCUT2D eigenvalue weighted by Crippen LogP contribution is -2.54. The quantitative estimate of drug-likeness (QED) is 0.751. The van der Waals surface area contributed by atoms with Crippen LogP contribution in [0.4, 0.5) is 4.79 Å². The number of aromatic nitrogens is 1. The van der Waals surface area contributed by atoms with Crippen molar-refractivity contribution in [3.05, 3.63) is 16.6 Å². The van der Waals surface area contributed by atoms with Gasteiger partial charge in [0.1, 0.15) is 0 Å². The van der Waals surface area contributed by atoms with Gasteiger partial charge in [-0.1, -0.05) is 19.3 Å². The van der Waals surface area contributed by atoms with E-state index in [9.17, 15) is 9.59 Å². The molecular weight excluding hydrogens is 290 g/mol. The Balaban J connectivity index is 1.81. The highest BCUT2D eigenvalue weighted by molar-refractivity contribution is 7.07. The summed E-state index contributed by atoms with van der Waals surface area (Å²) in [6, 6.07) is -0.284. The number of nitrogens with zero attached hydrogens (tertiary/aromatic N) is 1. The highest BCUT2D eigenvalue weighted by atomic mass is 32.1. The molecule has 1 fully saturated rings. The highest BCUT2D eigenvalue weighted by Crippen LogP contribution is 2.31. The summed E-state index contributed by atoms with van der Waals surface area (Å²) in [6.07, 6.45) is 5.18. The lowest BCUT2D eigenvalue weighted by Gasteiger charge is -2.36. The van der Waals surface area contributed by atoms with Crippen molar-refractivity contribution in [2.45, 2.75) is 50.5 Å². The van der Waals surface area contributed by atoms with E-state index in [-0.39, 0.29) is 12.5 Å². The highest BCUT2D eigenvalue weighted by Gasteiger charge is 2.35. The van der Waals surface area contributed by atoms with Crippen LogP contribution in [0.2, 0.25) is 0 Å². The molecule has 1 aliphatic carbocycles. The SMILES string of the molecule is O=C(O)CC1(NC(=O)NCCc2cscn2)CCCCC1. The molecule has 1 saturated carbocycles. The summed E-state index contributed by atoms with van der Waals surface area (Å²) in [5, 5.41) is 16.7.